The van der Waals surface area contributed by atoms with Gasteiger partial charge in [-0.2, -0.15) is 0 Å². The Balaban J connectivity index is 2.02. The molecule has 1 aromatic carbocycles. The monoisotopic (exact) mass is 457 g/mol. The average Bonchev–Trinajstić information content (AvgIpc) is 3.06. The number of aromatic amines is 1. The molecule has 2 amide bonds. The summed E-state index contributed by atoms with van der Waals surface area (Å²) >= 11 is 0. The normalized spacial score (nSPS) is 10.6. The minimum absolute atomic E-state index is 0.0859. The molecular weight excluding hydrogens is 426 g/mol. The van der Waals surface area contributed by atoms with Crippen LogP contribution >= 0.6 is 0 Å². The van der Waals surface area contributed by atoms with E-state index >= 15 is 0 Å². The van der Waals surface area contributed by atoms with E-state index in [9.17, 15) is 19.2 Å². The molecule has 0 unspecified atom stereocenters. The molecule has 33 heavy (non-hydrogen) atoms. The van der Waals surface area contributed by atoms with E-state index in [2.05, 4.69) is 10.3 Å². The van der Waals surface area contributed by atoms with E-state index in [0.29, 0.717) is 35.6 Å². The highest BCUT2D eigenvalue weighted by Gasteiger charge is 2.25. The standard InChI is InChI=1S/C24H31N3O6/c1-7-27(8-2)22(29)17-10-9-11-18(12-17)26-19(28)13-32-24(31)21-15(5)20(16(6)25-21)23(30)33-14(3)4/h9-12,14,25H,7-8,13H2,1-6H3,(H,26,28). The molecule has 0 atom stereocenters. The molecule has 2 N–H and O–H groups in total. The molecule has 0 aliphatic carbocycles. The minimum atomic E-state index is -0.764. The second-order valence-corrected chi connectivity index (χ2v) is 7.76. The Morgan fingerprint density at radius 2 is 1.73 bits per heavy atom. The predicted molar refractivity (Wildman–Crippen MR) is 123 cm³/mol. The van der Waals surface area contributed by atoms with Crippen LogP contribution in [-0.2, 0) is 14.3 Å². The zero-order valence-corrected chi connectivity index (χ0v) is 19.9. The van der Waals surface area contributed by atoms with Gasteiger partial charge in [0, 0.05) is 30.0 Å². The van der Waals surface area contributed by atoms with Gasteiger partial charge in [0.05, 0.1) is 11.7 Å². The van der Waals surface area contributed by atoms with Crippen LogP contribution < -0.4 is 5.32 Å². The van der Waals surface area contributed by atoms with Gasteiger partial charge in [-0.15, -0.1) is 0 Å². The van der Waals surface area contributed by atoms with Gasteiger partial charge in [0.25, 0.3) is 11.8 Å². The molecule has 0 radical (unpaired) electrons. The van der Waals surface area contributed by atoms with Gasteiger partial charge in [0.15, 0.2) is 6.61 Å². The summed E-state index contributed by atoms with van der Waals surface area (Å²) in [6.07, 6.45) is -0.300. The quantitative estimate of drug-likeness (QED) is 0.557. The number of amides is 2. The summed E-state index contributed by atoms with van der Waals surface area (Å²) < 4.78 is 10.3. The summed E-state index contributed by atoms with van der Waals surface area (Å²) in [5.41, 5.74) is 2.10. The maximum Gasteiger partial charge on any atom is 0.355 e. The molecule has 0 aliphatic heterocycles. The zero-order valence-electron chi connectivity index (χ0n) is 19.9. The van der Waals surface area contributed by atoms with Gasteiger partial charge >= 0.3 is 11.9 Å². The number of esters is 2. The number of nitrogens with one attached hydrogen (secondary N) is 2. The summed E-state index contributed by atoms with van der Waals surface area (Å²) in [6.45, 7) is 11.1. The Kier molecular flexibility index (Phi) is 8.78. The Bertz CT molecular complexity index is 1040. The van der Waals surface area contributed by atoms with E-state index in [4.69, 9.17) is 9.47 Å². The number of hydrogen-bond donors (Lipinski definition) is 2. The molecule has 0 bridgehead atoms. The lowest BCUT2D eigenvalue weighted by Crippen LogP contribution is -2.30. The molecule has 0 saturated carbocycles. The average molecular weight is 458 g/mol. The second-order valence-electron chi connectivity index (χ2n) is 7.76. The number of ether oxygens (including phenoxy) is 2. The lowest BCUT2D eigenvalue weighted by atomic mass is 10.1. The molecule has 1 heterocycles. The number of carbonyl (C=O) groups is 4. The summed E-state index contributed by atoms with van der Waals surface area (Å²) in [5, 5.41) is 2.62. The summed E-state index contributed by atoms with van der Waals surface area (Å²) in [7, 11) is 0. The van der Waals surface area contributed by atoms with Crippen molar-refractivity contribution in [2.45, 2.75) is 47.6 Å². The SMILES string of the molecule is CCN(CC)C(=O)c1cccc(NC(=O)COC(=O)c2[nH]c(C)c(C(=O)OC(C)C)c2C)c1. The van der Waals surface area contributed by atoms with Crippen LogP contribution in [-0.4, -0.2) is 59.4 Å². The number of hydrogen-bond acceptors (Lipinski definition) is 6. The van der Waals surface area contributed by atoms with Crippen molar-refractivity contribution < 1.29 is 28.7 Å². The number of aromatic nitrogens is 1. The predicted octanol–water partition coefficient (Wildman–Crippen LogP) is 3.47. The third-order valence-corrected chi connectivity index (χ3v) is 4.97. The second kappa shape index (κ2) is 11.3. The molecule has 9 nitrogen and oxygen atoms in total. The fourth-order valence-electron chi connectivity index (χ4n) is 3.36. The third kappa shape index (κ3) is 6.44. The topological polar surface area (TPSA) is 118 Å². The summed E-state index contributed by atoms with van der Waals surface area (Å²) in [6, 6.07) is 6.56. The van der Waals surface area contributed by atoms with Gasteiger partial charge in [-0.05, 0) is 65.3 Å². The number of nitrogens with zero attached hydrogens (tertiary/aromatic N) is 1. The van der Waals surface area contributed by atoms with Crippen molar-refractivity contribution in [1.82, 2.24) is 9.88 Å². The largest absolute Gasteiger partial charge is 0.459 e. The van der Waals surface area contributed by atoms with Crippen LogP contribution in [0, 0.1) is 13.8 Å². The first kappa shape index (κ1) is 25.6. The smallest absolute Gasteiger partial charge is 0.355 e. The summed E-state index contributed by atoms with van der Waals surface area (Å²) in [4.78, 5) is 54.0. The molecule has 0 spiro atoms. The molecule has 178 valence electrons. The van der Waals surface area contributed by atoms with Crippen LogP contribution in [0.25, 0.3) is 0 Å². The van der Waals surface area contributed by atoms with Crippen LogP contribution in [0.5, 0.6) is 0 Å². The first-order valence-corrected chi connectivity index (χ1v) is 10.8. The third-order valence-electron chi connectivity index (χ3n) is 4.97. The molecule has 2 rings (SSSR count). The number of rotatable bonds is 9. The van der Waals surface area contributed by atoms with Crippen LogP contribution in [0.4, 0.5) is 5.69 Å². The van der Waals surface area contributed by atoms with Crippen molar-refractivity contribution in [3.63, 3.8) is 0 Å². The molecule has 0 fully saturated rings. The highest BCUT2D eigenvalue weighted by atomic mass is 16.5. The van der Waals surface area contributed by atoms with Crippen LogP contribution in [0.1, 0.15) is 70.2 Å². The van der Waals surface area contributed by atoms with E-state index < -0.39 is 24.5 Å². The number of benzene rings is 1. The van der Waals surface area contributed by atoms with Crippen molar-refractivity contribution in [2.24, 2.45) is 0 Å². The van der Waals surface area contributed by atoms with Gasteiger partial charge in [-0.3, -0.25) is 9.59 Å². The Hall–Kier alpha value is -3.62. The van der Waals surface area contributed by atoms with Crippen molar-refractivity contribution in [2.75, 3.05) is 25.0 Å². The highest BCUT2D eigenvalue weighted by Crippen LogP contribution is 2.20. The number of aryl methyl sites for hydroxylation is 1. The molecule has 0 saturated heterocycles. The van der Waals surface area contributed by atoms with Crippen molar-refractivity contribution in [3.05, 3.63) is 52.3 Å². The van der Waals surface area contributed by atoms with Crippen molar-refractivity contribution >= 4 is 29.4 Å². The van der Waals surface area contributed by atoms with E-state index in [1.807, 2.05) is 13.8 Å². The zero-order chi connectivity index (χ0) is 24.7. The molecule has 2 aromatic rings. The Morgan fingerprint density at radius 3 is 2.33 bits per heavy atom. The maximum atomic E-state index is 12.5. The van der Waals surface area contributed by atoms with Gasteiger partial charge in [0.1, 0.15) is 5.69 Å². The number of H-pyrrole nitrogens is 1. The molecule has 9 heteroatoms. The van der Waals surface area contributed by atoms with Crippen LogP contribution in [0.2, 0.25) is 0 Å². The van der Waals surface area contributed by atoms with Gasteiger partial charge in [-0.25, -0.2) is 9.59 Å². The first-order valence-electron chi connectivity index (χ1n) is 10.8. The van der Waals surface area contributed by atoms with E-state index in [1.165, 1.54) is 0 Å². The minimum Gasteiger partial charge on any atom is -0.459 e. The van der Waals surface area contributed by atoms with Gasteiger partial charge in [0.2, 0.25) is 0 Å². The first-order chi connectivity index (χ1) is 15.6. The van der Waals surface area contributed by atoms with Crippen molar-refractivity contribution in [3.8, 4) is 0 Å². The molecular formula is C24H31N3O6. The molecule has 0 aliphatic rings. The van der Waals surface area contributed by atoms with E-state index in [0.717, 1.165) is 0 Å². The van der Waals surface area contributed by atoms with Crippen molar-refractivity contribution in [1.29, 1.82) is 0 Å². The lowest BCUT2D eigenvalue weighted by molar-refractivity contribution is -0.119. The lowest BCUT2D eigenvalue weighted by Gasteiger charge is -2.19. The maximum absolute atomic E-state index is 12.5. The Labute approximate surface area is 193 Å². The number of anilines is 1. The fourth-order valence-corrected chi connectivity index (χ4v) is 3.36. The Morgan fingerprint density at radius 1 is 1.06 bits per heavy atom. The fraction of sp³-hybridized carbons (Fsp3) is 0.417. The molecule has 1 aromatic heterocycles. The number of carbonyl (C=O) groups excluding carboxylic acids is 4. The van der Waals surface area contributed by atoms with E-state index in [1.54, 1.807) is 56.9 Å². The van der Waals surface area contributed by atoms with Crippen LogP contribution in [0.15, 0.2) is 24.3 Å². The highest BCUT2D eigenvalue weighted by molar-refractivity contribution is 6.00. The van der Waals surface area contributed by atoms with E-state index in [-0.39, 0.29) is 23.3 Å². The van der Waals surface area contributed by atoms with Crippen LogP contribution in [0.3, 0.4) is 0 Å². The summed E-state index contributed by atoms with van der Waals surface area (Å²) in [5.74, 6) is -1.99. The van der Waals surface area contributed by atoms with Gasteiger partial charge in [-0.1, -0.05) is 6.07 Å². The van der Waals surface area contributed by atoms with Gasteiger partial charge < -0.3 is 24.7 Å².